The maximum absolute atomic E-state index is 13.0. The third-order valence-corrected chi connectivity index (χ3v) is 3.44. The molecule has 1 aromatic heterocycles. The van der Waals surface area contributed by atoms with Crippen LogP contribution in [0.2, 0.25) is 0 Å². The van der Waals surface area contributed by atoms with E-state index in [1.165, 1.54) is 7.11 Å². The molecule has 3 rings (SSSR count). The standard InChI is InChI=1S/C15H14F3N3O/c1-22-12-5-3-2-4-11(12)20-14-19-8-10(15(16,17)18)13(21-14)9-6-7-9/h2-5,8-9H,6-7H2,1H3,(H,19,20,21). The number of benzene rings is 1. The van der Waals surface area contributed by atoms with Crippen LogP contribution < -0.4 is 10.1 Å². The summed E-state index contributed by atoms with van der Waals surface area (Å²) in [6.45, 7) is 0. The Bertz CT molecular complexity index is 684. The van der Waals surface area contributed by atoms with Crippen molar-refractivity contribution >= 4 is 11.6 Å². The molecule has 1 saturated carbocycles. The Labute approximate surface area is 125 Å². The van der Waals surface area contributed by atoms with Crippen LogP contribution in [0.25, 0.3) is 0 Å². The maximum Gasteiger partial charge on any atom is 0.419 e. The predicted octanol–water partition coefficient (Wildman–Crippen LogP) is 4.13. The van der Waals surface area contributed by atoms with E-state index in [9.17, 15) is 13.2 Å². The van der Waals surface area contributed by atoms with Crippen molar-refractivity contribution in [2.75, 3.05) is 12.4 Å². The highest BCUT2D eigenvalue weighted by Crippen LogP contribution is 2.45. The molecule has 2 aromatic rings. The zero-order valence-corrected chi connectivity index (χ0v) is 11.8. The fourth-order valence-electron chi connectivity index (χ4n) is 2.21. The Kier molecular flexibility index (Phi) is 3.64. The van der Waals surface area contributed by atoms with Gasteiger partial charge < -0.3 is 10.1 Å². The van der Waals surface area contributed by atoms with Crippen LogP contribution in [0.5, 0.6) is 5.75 Å². The Morgan fingerprint density at radius 2 is 1.95 bits per heavy atom. The number of alkyl halides is 3. The summed E-state index contributed by atoms with van der Waals surface area (Å²) in [5.41, 5.74) is -0.0769. The number of hydrogen-bond donors (Lipinski definition) is 1. The lowest BCUT2D eigenvalue weighted by atomic mass is 10.1. The molecule has 1 fully saturated rings. The molecule has 1 aliphatic rings. The van der Waals surface area contributed by atoms with Crippen molar-refractivity contribution < 1.29 is 17.9 Å². The number of halogens is 3. The van der Waals surface area contributed by atoms with E-state index in [2.05, 4.69) is 15.3 Å². The van der Waals surface area contributed by atoms with Crippen molar-refractivity contribution in [3.05, 3.63) is 41.7 Å². The molecule has 4 nitrogen and oxygen atoms in total. The zero-order chi connectivity index (χ0) is 15.7. The van der Waals surface area contributed by atoms with Gasteiger partial charge in [0.25, 0.3) is 0 Å². The Morgan fingerprint density at radius 1 is 1.23 bits per heavy atom. The number of rotatable bonds is 4. The van der Waals surface area contributed by atoms with Crippen LogP contribution in [0, 0.1) is 0 Å². The summed E-state index contributed by atoms with van der Waals surface area (Å²) in [7, 11) is 1.52. The van der Waals surface area contributed by atoms with Gasteiger partial charge in [-0.15, -0.1) is 0 Å². The molecule has 1 heterocycles. The van der Waals surface area contributed by atoms with Crippen LogP contribution in [0.1, 0.15) is 30.0 Å². The van der Waals surface area contributed by atoms with Gasteiger partial charge in [-0.25, -0.2) is 9.97 Å². The number of hydrogen-bond acceptors (Lipinski definition) is 4. The lowest BCUT2D eigenvalue weighted by Gasteiger charge is -2.14. The van der Waals surface area contributed by atoms with Gasteiger partial charge in [0.1, 0.15) is 5.75 Å². The van der Waals surface area contributed by atoms with E-state index < -0.39 is 11.7 Å². The van der Waals surface area contributed by atoms with E-state index in [0.29, 0.717) is 11.4 Å². The minimum absolute atomic E-state index is 0.0693. The van der Waals surface area contributed by atoms with Gasteiger partial charge in [-0.1, -0.05) is 12.1 Å². The molecule has 0 saturated heterocycles. The maximum atomic E-state index is 13.0. The first-order valence-corrected chi connectivity index (χ1v) is 6.83. The molecule has 1 aromatic carbocycles. The van der Waals surface area contributed by atoms with E-state index in [1.54, 1.807) is 24.3 Å². The second-order valence-corrected chi connectivity index (χ2v) is 5.09. The Hall–Kier alpha value is -2.31. The summed E-state index contributed by atoms with van der Waals surface area (Å²) in [5.74, 6) is 0.580. The fourth-order valence-corrected chi connectivity index (χ4v) is 2.21. The minimum Gasteiger partial charge on any atom is -0.495 e. The molecular formula is C15H14F3N3O. The lowest BCUT2D eigenvalue weighted by molar-refractivity contribution is -0.138. The van der Waals surface area contributed by atoms with Crippen molar-refractivity contribution in [1.29, 1.82) is 0 Å². The third kappa shape index (κ3) is 2.98. The van der Waals surface area contributed by atoms with Gasteiger partial charge in [-0.05, 0) is 25.0 Å². The van der Waals surface area contributed by atoms with Gasteiger partial charge >= 0.3 is 6.18 Å². The first kappa shape index (κ1) is 14.6. The summed E-state index contributed by atoms with van der Waals surface area (Å²) < 4.78 is 44.2. The van der Waals surface area contributed by atoms with Crippen LogP contribution in [-0.4, -0.2) is 17.1 Å². The smallest absolute Gasteiger partial charge is 0.419 e. The molecule has 1 aliphatic carbocycles. The number of para-hydroxylation sites is 2. The SMILES string of the molecule is COc1ccccc1Nc1ncc(C(F)(F)F)c(C2CC2)n1. The number of nitrogens with zero attached hydrogens (tertiary/aromatic N) is 2. The van der Waals surface area contributed by atoms with Gasteiger partial charge in [-0.3, -0.25) is 0 Å². The largest absolute Gasteiger partial charge is 0.495 e. The van der Waals surface area contributed by atoms with E-state index in [4.69, 9.17) is 4.74 Å². The number of nitrogens with one attached hydrogen (secondary N) is 1. The second-order valence-electron chi connectivity index (χ2n) is 5.09. The van der Waals surface area contributed by atoms with Crippen molar-refractivity contribution in [3.8, 4) is 5.75 Å². The summed E-state index contributed by atoms with van der Waals surface area (Å²) in [5, 5.41) is 2.91. The van der Waals surface area contributed by atoms with Gasteiger partial charge in [0, 0.05) is 12.1 Å². The number of aromatic nitrogens is 2. The third-order valence-electron chi connectivity index (χ3n) is 3.44. The van der Waals surface area contributed by atoms with Gasteiger partial charge in [-0.2, -0.15) is 13.2 Å². The highest BCUT2D eigenvalue weighted by atomic mass is 19.4. The normalized spacial score (nSPS) is 14.7. The van der Waals surface area contributed by atoms with Gasteiger partial charge in [0.05, 0.1) is 24.1 Å². The first-order valence-electron chi connectivity index (χ1n) is 6.83. The molecular weight excluding hydrogens is 295 g/mol. The van der Waals surface area contributed by atoms with Crippen LogP contribution in [0.3, 0.4) is 0 Å². The average molecular weight is 309 g/mol. The molecule has 0 unspecified atom stereocenters. The molecule has 0 atom stereocenters. The molecule has 0 bridgehead atoms. The van der Waals surface area contributed by atoms with Gasteiger partial charge in [0.15, 0.2) is 0 Å². The molecule has 1 N–H and O–H groups in total. The van der Waals surface area contributed by atoms with E-state index in [-0.39, 0.29) is 17.6 Å². The van der Waals surface area contributed by atoms with Crippen LogP contribution in [-0.2, 0) is 6.18 Å². The summed E-state index contributed by atoms with van der Waals surface area (Å²) >= 11 is 0. The lowest BCUT2D eigenvalue weighted by Crippen LogP contribution is -2.12. The summed E-state index contributed by atoms with van der Waals surface area (Å²) in [6, 6.07) is 7.08. The topological polar surface area (TPSA) is 47.0 Å². The molecule has 116 valence electrons. The Morgan fingerprint density at radius 3 is 2.59 bits per heavy atom. The second kappa shape index (κ2) is 5.47. The van der Waals surface area contributed by atoms with Crippen LogP contribution in [0.4, 0.5) is 24.8 Å². The van der Waals surface area contributed by atoms with Crippen LogP contribution in [0.15, 0.2) is 30.5 Å². The highest BCUT2D eigenvalue weighted by molar-refractivity contribution is 5.62. The molecule has 22 heavy (non-hydrogen) atoms. The van der Waals surface area contributed by atoms with Crippen molar-refractivity contribution in [2.24, 2.45) is 0 Å². The Balaban J connectivity index is 1.94. The monoisotopic (exact) mass is 309 g/mol. The van der Waals surface area contributed by atoms with Crippen molar-refractivity contribution in [2.45, 2.75) is 24.9 Å². The summed E-state index contributed by atoms with van der Waals surface area (Å²) in [6.07, 6.45) is -2.12. The number of ether oxygens (including phenoxy) is 1. The van der Waals surface area contributed by atoms with E-state index in [0.717, 1.165) is 19.0 Å². The number of anilines is 2. The van der Waals surface area contributed by atoms with E-state index >= 15 is 0 Å². The van der Waals surface area contributed by atoms with Gasteiger partial charge in [0.2, 0.25) is 5.95 Å². The predicted molar refractivity (Wildman–Crippen MR) is 75.3 cm³/mol. The number of methoxy groups -OCH3 is 1. The van der Waals surface area contributed by atoms with Crippen molar-refractivity contribution in [1.82, 2.24) is 9.97 Å². The van der Waals surface area contributed by atoms with Crippen molar-refractivity contribution in [3.63, 3.8) is 0 Å². The molecule has 0 amide bonds. The average Bonchev–Trinajstić information content (AvgIpc) is 3.31. The first-order chi connectivity index (χ1) is 10.5. The summed E-state index contributed by atoms with van der Waals surface area (Å²) in [4.78, 5) is 7.86. The van der Waals surface area contributed by atoms with Crippen LogP contribution >= 0.6 is 0 Å². The minimum atomic E-state index is -4.43. The quantitative estimate of drug-likeness (QED) is 0.922. The molecule has 0 radical (unpaired) electrons. The molecule has 7 heteroatoms. The van der Waals surface area contributed by atoms with E-state index in [1.807, 2.05) is 0 Å². The molecule has 0 spiro atoms. The highest BCUT2D eigenvalue weighted by Gasteiger charge is 2.40. The fraction of sp³-hybridized carbons (Fsp3) is 0.333. The molecule has 0 aliphatic heterocycles. The zero-order valence-electron chi connectivity index (χ0n) is 11.8.